The van der Waals surface area contributed by atoms with E-state index in [0.29, 0.717) is 50.3 Å². The van der Waals surface area contributed by atoms with E-state index in [0.717, 1.165) is 44.0 Å². The number of unbranched alkanes of at least 4 members (excludes halogenated alkanes) is 1. The Morgan fingerprint density at radius 3 is 1.76 bits per heavy atom. The molecule has 0 saturated heterocycles. The molecule has 45 heavy (non-hydrogen) atoms. The summed E-state index contributed by atoms with van der Waals surface area (Å²) in [5.41, 5.74) is 12.6. The quantitative estimate of drug-likeness (QED) is 0.0670. The summed E-state index contributed by atoms with van der Waals surface area (Å²) in [6.45, 7) is 8.90. The molecule has 256 valence electrons. The lowest BCUT2D eigenvalue weighted by Gasteiger charge is -2.17. The number of aldehydes is 1. The molecule has 12 nitrogen and oxygen atoms in total. The molecule has 2 aromatic rings. The molecule has 13 heteroatoms. The topological polar surface area (TPSA) is 200 Å². The lowest BCUT2D eigenvalue weighted by molar-refractivity contribution is -0.146. The standard InChI is InChI=1S/C11H11NO3.C10H24N2O2.C7H8O3S.C4H8O.H2/c13-7-3-6-12-10(14)8-4-1-2-5-9(8)11(12)15;1-2-5-10(13-8-3-6-11)14-9-4-7-12;1-6-2-4-7(5-3-6)11(8,9)10;1-2-3-4-5;/h1-2,4-5,13H,3,6-7H2;10H,2-9,11-12H2,1H3;2-5H,1H3,(H,8,9,10);4H,2-3H2,1H3;1H. The lowest BCUT2D eigenvalue weighted by Crippen LogP contribution is -2.31. The average molecular weight is 656 g/mol. The smallest absolute Gasteiger partial charge is 0.294 e. The van der Waals surface area contributed by atoms with Crippen LogP contribution in [0, 0.1) is 6.92 Å². The maximum Gasteiger partial charge on any atom is 0.294 e. The van der Waals surface area contributed by atoms with Gasteiger partial charge in [0.15, 0.2) is 6.29 Å². The van der Waals surface area contributed by atoms with Gasteiger partial charge in [-0.05, 0) is 76.4 Å². The Balaban J connectivity index is 0. The second-order valence-corrected chi connectivity index (χ2v) is 11.3. The average Bonchev–Trinajstić information content (AvgIpc) is 3.26. The number of imide groups is 1. The normalized spacial score (nSPS) is 12.0. The van der Waals surface area contributed by atoms with E-state index in [1.807, 2.05) is 13.8 Å². The van der Waals surface area contributed by atoms with Crippen molar-refractivity contribution < 1.29 is 43.4 Å². The van der Waals surface area contributed by atoms with Gasteiger partial charge in [0.2, 0.25) is 0 Å². The highest BCUT2D eigenvalue weighted by Gasteiger charge is 2.34. The second-order valence-electron chi connectivity index (χ2n) is 9.87. The first-order valence-electron chi connectivity index (χ1n) is 15.2. The van der Waals surface area contributed by atoms with Crippen LogP contribution in [0.2, 0.25) is 0 Å². The summed E-state index contributed by atoms with van der Waals surface area (Å²) in [7, 11) is -4.02. The monoisotopic (exact) mass is 655 g/mol. The summed E-state index contributed by atoms with van der Waals surface area (Å²) in [5.74, 6) is -0.520. The maximum atomic E-state index is 11.7. The molecule has 0 unspecified atom stereocenters. The fourth-order valence-electron chi connectivity index (χ4n) is 3.55. The molecule has 0 aromatic heterocycles. The number of benzene rings is 2. The van der Waals surface area contributed by atoms with E-state index in [4.69, 9.17) is 30.6 Å². The number of amides is 2. The van der Waals surface area contributed by atoms with Crippen LogP contribution in [0.5, 0.6) is 0 Å². The van der Waals surface area contributed by atoms with Crippen molar-refractivity contribution in [3.63, 3.8) is 0 Å². The summed E-state index contributed by atoms with van der Waals surface area (Å²) >= 11 is 0. The molecule has 1 heterocycles. The van der Waals surface area contributed by atoms with Crippen LogP contribution in [0.25, 0.3) is 0 Å². The molecule has 0 atom stereocenters. The fourth-order valence-corrected chi connectivity index (χ4v) is 4.03. The number of carbonyl (C=O) groups is 3. The van der Waals surface area contributed by atoms with Gasteiger partial charge >= 0.3 is 0 Å². The van der Waals surface area contributed by atoms with Crippen molar-refractivity contribution in [3.8, 4) is 0 Å². The Morgan fingerprint density at radius 1 is 0.889 bits per heavy atom. The van der Waals surface area contributed by atoms with Crippen LogP contribution < -0.4 is 11.5 Å². The minimum Gasteiger partial charge on any atom is -0.396 e. The lowest BCUT2D eigenvalue weighted by atomic mass is 10.1. The van der Waals surface area contributed by atoms with Crippen LogP contribution in [-0.2, 0) is 24.4 Å². The Bertz CT molecular complexity index is 1170. The number of hydrogen-bond acceptors (Lipinski definition) is 10. The first-order valence-corrected chi connectivity index (χ1v) is 16.6. The molecule has 1 aliphatic heterocycles. The van der Waals surface area contributed by atoms with Gasteiger partial charge in [-0.25, -0.2) is 0 Å². The Labute approximate surface area is 269 Å². The number of fused-ring (bicyclic) bond motifs is 1. The number of nitrogens with zero attached hydrogens (tertiary/aromatic N) is 1. The molecular weight excluding hydrogens is 602 g/mol. The zero-order valence-corrected chi connectivity index (χ0v) is 27.5. The summed E-state index contributed by atoms with van der Waals surface area (Å²) in [6, 6.07) is 12.8. The largest absolute Gasteiger partial charge is 0.396 e. The highest BCUT2D eigenvalue weighted by Crippen LogP contribution is 2.22. The van der Waals surface area contributed by atoms with E-state index in [1.54, 1.807) is 36.4 Å². The third-order valence-corrected chi connectivity index (χ3v) is 6.84. The molecule has 2 amide bonds. The number of aliphatic hydroxyl groups is 1. The molecule has 0 radical (unpaired) electrons. The molecule has 0 spiro atoms. The third-order valence-electron chi connectivity index (χ3n) is 5.97. The number of hydrogen-bond donors (Lipinski definition) is 4. The van der Waals surface area contributed by atoms with Gasteiger partial charge in [-0.1, -0.05) is 50.1 Å². The van der Waals surface area contributed by atoms with Crippen LogP contribution >= 0.6 is 0 Å². The first-order chi connectivity index (χ1) is 21.5. The molecule has 2 aromatic carbocycles. The molecule has 3 rings (SSSR count). The molecule has 6 N–H and O–H groups in total. The first kappa shape index (κ1) is 42.0. The summed E-state index contributed by atoms with van der Waals surface area (Å²) < 4.78 is 40.6. The van der Waals surface area contributed by atoms with E-state index in [1.165, 1.54) is 17.0 Å². The van der Waals surface area contributed by atoms with E-state index in [-0.39, 0.29) is 37.6 Å². The molecular formula is C32H53N3O9S. The van der Waals surface area contributed by atoms with Gasteiger partial charge in [0.1, 0.15) is 6.29 Å². The highest BCUT2D eigenvalue weighted by atomic mass is 32.2. The number of carbonyl (C=O) groups excluding carboxylic acids is 3. The SMILES string of the molecule is CCCC(OCCCN)OCCCN.CCCC=O.Cc1ccc(S(=O)(=O)O)cc1.O=C1c2ccccc2C(=O)N1CCCO.[HH]. The predicted molar refractivity (Wildman–Crippen MR) is 176 cm³/mol. The van der Waals surface area contributed by atoms with Gasteiger partial charge in [0, 0.05) is 21.0 Å². The minimum absolute atomic E-state index is 0. The number of ether oxygens (including phenoxy) is 2. The van der Waals surface area contributed by atoms with Crippen LogP contribution in [-0.4, -0.2) is 86.8 Å². The summed E-state index contributed by atoms with van der Waals surface area (Å²) in [4.78, 5) is 34.0. The van der Waals surface area contributed by atoms with Gasteiger partial charge in [0.05, 0.1) is 29.2 Å². The van der Waals surface area contributed by atoms with Crippen molar-refractivity contribution in [1.82, 2.24) is 4.90 Å². The van der Waals surface area contributed by atoms with Gasteiger partial charge in [0.25, 0.3) is 21.9 Å². The van der Waals surface area contributed by atoms with E-state index < -0.39 is 10.1 Å². The molecule has 0 saturated carbocycles. The van der Waals surface area contributed by atoms with Gasteiger partial charge in [-0.15, -0.1) is 0 Å². The van der Waals surface area contributed by atoms with Gasteiger partial charge in [-0.3, -0.25) is 19.0 Å². The summed E-state index contributed by atoms with van der Waals surface area (Å²) in [5, 5.41) is 8.67. The van der Waals surface area contributed by atoms with Crippen LogP contribution in [0.15, 0.2) is 53.4 Å². The molecule has 0 bridgehead atoms. The van der Waals surface area contributed by atoms with Crippen LogP contribution in [0.4, 0.5) is 0 Å². The number of rotatable bonds is 16. The van der Waals surface area contributed by atoms with E-state index in [2.05, 4.69) is 6.92 Å². The highest BCUT2D eigenvalue weighted by molar-refractivity contribution is 7.85. The number of aliphatic hydroxyl groups excluding tert-OH is 1. The second kappa shape index (κ2) is 25.2. The zero-order valence-electron chi connectivity index (χ0n) is 26.7. The Hall–Kier alpha value is -3.04. The molecule has 0 aliphatic carbocycles. The summed E-state index contributed by atoms with van der Waals surface area (Å²) in [6.07, 6.45) is 6.75. The Morgan fingerprint density at radius 2 is 1.40 bits per heavy atom. The van der Waals surface area contributed by atoms with Crippen molar-refractivity contribution in [2.75, 3.05) is 39.5 Å². The van der Waals surface area contributed by atoms with Crippen molar-refractivity contribution in [2.45, 2.75) is 76.9 Å². The third kappa shape index (κ3) is 17.9. The number of aryl methyl sites for hydroxylation is 1. The maximum absolute atomic E-state index is 11.7. The predicted octanol–water partition coefficient (Wildman–Crippen LogP) is 3.98. The van der Waals surface area contributed by atoms with Gasteiger partial charge < -0.3 is 30.8 Å². The van der Waals surface area contributed by atoms with Crippen molar-refractivity contribution in [3.05, 3.63) is 65.2 Å². The van der Waals surface area contributed by atoms with Crippen molar-refractivity contribution in [1.29, 1.82) is 0 Å². The van der Waals surface area contributed by atoms with Gasteiger partial charge in [-0.2, -0.15) is 8.42 Å². The van der Waals surface area contributed by atoms with E-state index in [9.17, 15) is 22.8 Å². The van der Waals surface area contributed by atoms with Crippen molar-refractivity contribution in [2.24, 2.45) is 11.5 Å². The molecule has 0 fully saturated rings. The minimum atomic E-state index is -4.02. The number of nitrogens with two attached hydrogens (primary N) is 2. The Kier molecular flexibility index (Phi) is 23.5. The van der Waals surface area contributed by atoms with Crippen LogP contribution in [0.3, 0.4) is 0 Å². The van der Waals surface area contributed by atoms with Crippen LogP contribution in [0.1, 0.15) is 86.5 Å². The fraction of sp³-hybridized carbons (Fsp3) is 0.531. The van der Waals surface area contributed by atoms with E-state index >= 15 is 0 Å². The van der Waals surface area contributed by atoms with Crippen molar-refractivity contribution >= 4 is 28.2 Å². The zero-order chi connectivity index (χ0) is 34.1. The molecule has 1 aliphatic rings.